The summed E-state index contributed by atoms with van der Waals surface area (Å²) in [5.41, 5.74) is 0.941. The first-order chi connectivity index (χ1) is 13.5. The summed E-state index contributed by atoms with van der Waals surface area (Å²) < 4.78 is 5.46. The number of non-ortho nitro benzene ring substituents is 1. The van der Waals surface area contributed by atoms with Crippen molar-refractivity contribution in [2.24, 2.45) is 10.9 Å². The van der Waals surface area contributed by atoms with Gasteiger partial charge < -0.3 is 20.7 Å². The number of nitro benzene ring substituents is 1. The number of nitro groups is 1. The Morgan fingerprint density at radius 2 is 1.89 bits per heavy atom. The van der Waals surface area contributed by atoms with Crippen LogP contribution in [0.5, 0.6) is 0 Å². The van der Waals surface area contributed by atoms with Crippen molar-refractivity contribution >= 4 is 17.3 Å². The highest BCUT2D eigenvalue weighted by Gasteiger charge is 2.23. The van der Waals surface area contributed by atoms with E-state index in [1.165, 1.54) is 12.1 Å². The molecule has 1 aromatic carbocycles. The Balaban J connectivity index is 1.72. The lowest BCUT2D eigenvalue weighted by molar-refractivity contribution is -0.384. The molecular weight excluding hydrogens is 360 g/mol. The van der Waals surface area contributed by atoms with Crippen LogP contribution in [-0.2, 0) is 4.74 Å². The largest absolute Gasteiger partial charge is 0.383 e. The van der Waals surface area contributed by atoms with Crippen LogP contribution in [0.25, 0.3) is 0 Å². The molecule has 9 heteroatoms. The van der Waals surface area contributed by atoms with Gasteiger partial charge in [0.2, 0.25) is 0 Å². The van der Waals surface area contributed by atoms with Crippen LogP contribution in [0.1, 0.15) is 13.8 Å². The molecule has 1 aliphatic rings. The Morgan fingerprint density at radius 3 is 2.46 bits per heavy atom. The molecule has 1 aliphatic heterocycles. The van der Waals surface area contributed by atoms with Crippen molar-refractivity contribution in [3.05, 3.63) is 34.4 Å². The summed E-state index contributed by atoms with van der Waals surface area (Å²) in [5.74, 6) is 1.30. The summed E-state index contributed by atoms with van der Waals surface area (Å²) in [7, 11) is 1.76. The number of hydrogen-bond donors (Lipinski definition) is 3. The van der Waals surface area contributed by atoms with Gasteiger partial charge in [-0.1, -0.05) is 13.8 Å². The number of nitrogens with one attached hydrogen (secondary N) is 3. The van der Waals surface area contributed by atoms with E-state index in [1.54, 1.807) is 19.2 Å². The van der Waals surface area contributed by atoms with Gasteiger partial charge in [-0.15, -0.1) is 0 Å². The highest BCUT2D eigenvalue weighted by atomic mass is 16.6. The standard InChI is InChI=1S/C19H32N6O3/c1-15(2)18(24-10-12-28-13-11-24)14-23-19(20-3)22-9-8-21-16-4-6-17(7-5-16)25(26)27/h4-7,15,18,21H,8-14H2,1-3H3,(H2,20,22,23). The lowest BCUT2D eigenvalue weighted by Gasteiger charge is -2.37. The highest BCUT2D eigenvalue weighted by Crippen LogP contribution is 2.15. The molecule has 1 fully saturated rings. The number of aliphatic imine (C=N–C) groups is 1. The quantitative estimate of drug-likeness (QED) is 0.192. The maximum atomic E-state index is 10.7. The molecule has 0 spiro atoms. The molecule has 0 aliphatic carbocycles. The maximum absolute atomic E-state index is 10.7. The second-order valence-corrected chi connectivity index (χ2v) is 7.07. The monoisotopic (exact) mass is 392 g/mol. The molecule has 1 atom stereocenters. The first kappa shape index (κ1) is 21.9. The summed E-state index contributed by atoms with van der Waals surface area (Å²) in [6, 6.07) is 6.84. The predicted octanol–water partition coefficient (Wildman–Crippen LogP) is 1.53. The van der Waals surface area contributed by atoms with Crippen LogP contribution in [0, 0.1) is 16.0 Å². The molecule has 1 heterocycles. The topological polar surface area (TPSA) is 104 Å². The van der Waals surface area contributed by atoms with Crippen LogP contribution in [-0.4, -0.2) is 74.8 Å². The van der Waals surface area contributed by atoms with E-state index in [1.807, 2.05) is 0 Å². The summed E-state index contributed by atoms with van der Waals surface area (Å²) in [5, 5.41) is 20.6. The summed E-state index contributed by atoms with van der Waals surface area (Å²) in [6.45, 7) is 10.2. The number of benzene rings is 1. The third kappa shape index (κ3) is 6.97. The van der Waals surface area contributed by atoms with E-state index < -0.39 is 4.92 Å². The minimum absolute atomic E-state index is 0.0910. The van der Waals surface area contributed by atoms with Gasteiger partial charge in [-0.3, -0.25) is 20.0 Å². The lowest BCUT2D eigenvalue weighted by atomic mass is 10.0. The molecule has 9 nitrogen and oxygen atoms in total. The lowest BCUT2D eigenvalue weighted by Crippen LogP contribution is -2.52. The van der Waals surface area contributed by atoms with Crippen molar-refractivity contribution in [3.8, 4) is 0 Å². The van der Waals surface area contributed by atoms with Crippen LogP contribution in [0.3, 0.4) is 0 Å². The van der Waals surface area contributed by atoms with Crippen molar-refractivity contribution in [1.29, 1.82) is 0 Å². The maximum Gasteiger partial charge on any atom is 0.269 e. The van der Waals surface area contributed by atoms with Gasteiger partial charge in [0.05, 0.1) is 18.1 Å². The average molecular weight is 393 g/mol. The van der Waals surface area contributed by atoms with Crippen molar-refractivity contribution in [2.75, 3.05) is 58.3 Å². The zero-order chi connectivity index (χ0) is 20.4. The van der Waals surface area contributed by atoms with Gasteiger partial charge in [-0.05, 0) is 18.1 Å². The van der Waals surface area contributed by atoms with Crippen LogP contribution in [0.2, 0.25) is 0 Å². The van der Waals surface area contributed by atoms with Crippen LogP contribution >= 0.6 is 0 Å². The Labute approximate surface area is 166 Å². The number of anilines is 1. The van der Waals surface area contributed by atoms with Crippen molar-refractivity contribution in [2.45, 2.75) is 19.9 Å². The van der Waals surface area contributed by atoms with E-state index in [4.69, 9.17) is 4.74 Å². The van der Waals surface area contributed by atoms with E-state index in [0.717, 1.165) is 44.5 Å². The van der Waals surface area contributed by atoms with E-state index in [2.05, 4.69) is 39.7 Å². The minimum Gasteiger partial charge on any atom is -0.383 e. The molecule has 1 saturated heterocycles. The number of guanidine groups is 1. The Kier molecular flexibility index (Phi) is 8.96. The zero-order valence-corrected chi connectivity index (χ0v) is 17.0. The average Bonchev–Trinajstić information content (AvgIpc) is 2.70. The fourth-order valence-electron chi connectivity index (χ4n) is 3.21. The van der Waals surface area contributed by atoms with Gasteiger partial charge in [0.1, 0.15) is 0 Å². The molecule has 3 N–H and O–H groups in total. The Hall–Kier alpha value is -2.39. The third-order valence-electron chi connectivity index (χ3n) is 4.81. The van der Waals surface area contributed by atoms with Crippen molar-refractivity contribution in [3.63, 3.8) is 0 Å². The predicted molar refractivity (Wildman–Crippen MR) is 112 cm³/mol. The Morgan fingerprint density at radius 1 is 1.21 bits per heavy atom. The number of morpholine rings is 1. The number of ether oxygens (including phenoxy) is 1. The summed E-state index contributed by atoms with van der Waals surface area (Å²) in [4.78, 5) is 17.0. The van der Waals surface area contributed by atoms with E-state index >= 15 is 0 Å². The fourth-order valence-corrected chi connectivity index (χ4v) is 3.21. The van der Waals surface area contributed by atoms with E-state index in [-0.39, 0.29) is 5.69 Å². The first-order valence-corrected chi connectivity index (χ1v) is 9.76. The molecule has 0 radical (unpaired) electrons. The highest BCUT2D eigenvalue weighted by molar-refractivity contribution is 5.79. The molecule has 0 saturated carbocycles. The molecule has 2 rings (SSSR count). The molecule has 0 aromatic heterocycles. The second-order valence-electron chi connectivity index (χ2n) is 7.07. The molecule has 1 unspecified atom stereocenters. The van der Waals surface area contributed by atoms with Crippen LogP contribution in [0.15, 0.2) is 29.3 Å². The summed E-state index contributed by atoms with van der Waals surface area (Å²) in [6.07, 6.45) is 0. The third-order valence-corrected chi connectivity index (χ3v) is 4.81. The Bertz CT molecular complexity index is 629. The molecule has 0 bridgehead atoms. The number of nitrogens with zero attached hydrogens (tertiary/aromatic N) is 3. The van der Waals surface area contributed by atoms with Gasteiger partial charge in [-0.2, -0.15) is 0 Å². The fraction of sp³-hybridized carbons (Fsp3) is 0.632. The SMILES string of the molecule is CN=C(NCCNc1ccc([N+](=O)[O-])cc1)NCC(C(C)C)N1CCOCC1. The number of hydrogen-bond acceptors (Lipinski definition) is 6. The normalized spacial score (nSPS) is 16.6. The smallest absolute Gasteiger partial charge is 0.269 e. The number of rotatable bonds is 9. The molecule has 28 heavy (non-hydrogen) atoms. The zero-order valence-electron chi connectivity index (χ0n) is 17.0. The molecule has 156 valence electrons. The van der Waals surface area contributed by atoms with Crippen molar-refractivity contribution < 1.29 is 9.66 Å². The second kappa shape index (κ2) is 11.5. The van der Waals surface area contributed by atoms with Crippen LogP contribution < -0.4 is 16.0 Å². The minimum atomic E-state index is -0.400. The molecule has 1 aromatic rings. The van der Waals surface area contributed by atoms with Gasteiger partial charge in [-0.25, -0.2) is 0 Å². The molecular formula is C19H32N6O3. The van der Waals surface area contributed by atoms with Crippen molar-refractivity contribution in [1.82, 2.24) is 15.5 Å². The van der Waals surface area contributed by atoms with Gasteiger partial charge >= 0.3 is 0 Å². The van der Waals surface area contributed by atoms with E-state index in [0.29, 0.717) is 25.0 Å². The van der Waals surface area contributed by atoms with Crippen LogP contribution in [0.4, 0.5) is 11.4 Å². The van der Waals surface area contributed by atoms with Gasteiger partial charge in [0.25, 0.3) is 5.69 Å². The first-order valence-electron chi connectivity index (χ1n) is 9.76. The van der Waals surface area contributed by atoms with Gasteiger partial charge in [0, 0.05) is 63.6 Å². The molecule has 0 amide bonds. The van der Waals surface area contributed by atoms with Gasteiger partial charge in [0.15, 0.2) is 5.96 Å². The summed E-state index contributed by atoms with van der Waals surface area (Å²) >= 11 is 0. The van der Waals surface area contributed by atoms with E-state index in [9.17, 15) is 10.1 Å².